The Morgan fingerprint density at radius 1 is 1.47 bits per heavy atom. The molecule has 96 valence electrons. The second-order valence-electron chi connectivity index (χ2n) is 4.39. The molecule has 0 unspecified atom stereocenters. The van der Waals surface area contributed by atoms with E-state index in [4.69, 9.17) is 9.26 Å². The highest BCUT2D eigenvalue weighted by atomic mass is 16.5. The van der Waals surface area contributed by atoms with Crippen molar-refractivity contribution in [1.29, 1.82) is 0 Å². The number of methoxy groups -OCH3 is 1. The third kappa shape index (κ3) is 3.02. The highest BCUT2D eigenvalue weighted by Crippen LogP contribution is 2.28. The third-order valence-corrected chi connectivity index (χ3v) is 3.05. The minimum atomic E-state index is -0.947. The lowest BCUT2D eigenvalue weighted by molar-refractivity contribution is -0.0228. The van der Waals surface area contributed by atoms with Gasteiger partial charge in [0.15, 0.2) is 5.82 Å². The quantitative estimate of drug-likeness (QED) is 0.718. The van der Waals surface area contributed by atoms with E-state index in [1.54, 1.807) is 7.11 Å². The Morgan fingerprint density at radius 2 is 2.24 bits per heavy atom. The van der Waals surface area contributed by atoms with Crippen LogP contribution in [0.3, 0.4) is 0 Å². The smallest absolute Gasteiger partial charge is 0.258 e. The van der Waals surface area contributed by atoms with E-state index in [1.807, 2.05) is 0 Å². The molecule has 1 aliphatic rings. The van der Waals surface area contributed by atoms with Crippen molar-refractivity contribution >= 4 is 0 Å². The molecule has 1 aliphatic heterocycles. The number of hydrogen-bond acceptors (Lipinski definition) is 6. The zero-order chi connectivity index (χ0) is 12.1. The van der Waals surface area contributed by atoms with Gasteiger partial charge in [-0.2, -0.15) is 4.98 Å². The zero-order valence-electron chi connectivity index (χ0n) is 10.1. The molecule has 2 heterocycles. The number of ether oxygens (including phenoxy) is 1. The van der Waals surface area contributed by atoms with Gasteiger partial charge in [-0.15, -0.1) is 0 Å². The maximum Gasteiger partial charge on any atom is 0.258 e. The molecule has 0 aromatic carbocycles. The fraction of sp³-hybridized carbons (Fsp3) is 0.818. The highest BCUT2D eigenvalue weighted by molar-refractivity contribution is 5.01. The van der Waals surface area contributed by atoms with Crippen LogP contribution in [0.4, 0.5) is 0 Å². The first-order valence-electron chi connectivity index (χ1n) is 6.00. The Labute approximate surface area is 100 Å². The number of hydrogen-bond donors (Lipinski definition) is 2. The molecule has 1 fully saturated rings. The van der Waals surface area contributed by atoms with Crippen LogP contribution in [0.15, 0.2) is 4.52 Å². The Kier molecular flexibility index (Phi) is 4.09. The van der Waals surface area contributed by atoms with Gasteiger partial charge < -0.3 is 19.7 Å². The van der Waals surface area contributed by atoms with Gasteiger partial charge in [0.2, 0.25) is 0 Å². The van der Waals surface area contributed by atoms with Gasteiger partial charge in [0.25, 0.3) is 5.89 Å². The van der Waals surface area contributed by atoms with Crippen LogP contribution < -0.4 is 5.32 Å². The average Bonchev–Trinajstić information content (AvgIpc) is 2.80. The summed E-state index contributed by atoms with van der Waals surface area (Å²) in [5.74, 6) is 0.996. The van der Waals surface area contributed by atoms with E-state index < -0.39 is 5.60 Å². The van der Waals surface area contributed by atoms with Crippen molar-refractivity contribution in [3.8, 4) is 0 Å². The van der Waals surface area contributed by atoms with E-state index in [1.165, 1.54) is 0 Å². The molecule has 0 bridgehead atoms. The lowest BCUT2D eigenvalue weighted by atomic mass is 9.92. The van der Waals surface area contributed by atoms with Crippen molar-refractivity contribution < 1.29 is 14.4 Å². The summed E-state index contributed by atoms with van der Waals surface area (Å²) in [7, 11) is 1.67. The Hall–Kier alpha value is -0.980. The van der Waals surface area contributed by atoms with E-state index in [2.05, 4.69) is 15.5 Å². The Balaban J connectivity index is 1.96. The monoisotopic (exact) mass is 241 g/mol. The summed E-state index contributed by atoms with van der Waals surface area (Å²) in [5.41, 5.74) is -0.947. The molecule has 6 nitrogen and oxygen atoms in total. The van der Waals surface area contributed by atoms with Gasteiger partial charge in [0, 0.05) is 20.1 Å². The molecule has 0 aliphatic carbocycles. The summed E-state index contributed by atoms with van der Waals surface area (Å²) in [6, 6.07) is 0. The molecule has 2 rings (SSSR count). The fourth-order valence-corrected chi connectivity index (χ4v) is 1.97. The number of aromatic nitrogens is 2. The molecule has 17 heavy (non-hydrogen) atoms. The van der Waals surface area contributed by atoms with E-state index in [9.17, 15) is 5.11 Å². The van der Waals surface area contributed by atoms with Gasteiger partial charge in [0.1, 0.15) is 5.60 Å². The first-order chi connectivity index (χ1) is 8.24. The molecule has 1 saturated heterocycles. The molecule has 0 amide bonds. The van der Waals surface area contributed by atoms with Crippen LogP contribution in [0.5, 0.6) is 0 Å². The number of piperidine rings is 1. The van der Waals surface area contributed by atoms with Crippen molar-refractivity contribution in [2.75, 3.05) is 26.8 Å². The number of nitrogens with one attached hydrogen (secondary N) is 1. The zero-order valence-corrected chi connectivity index (χ0v) is 10.1. The van der Waals surface area contributed by atoms with Gasteiger partial charge in [0.05, 0.1) is 0 Å². The maximum absolute atomic E-state index is 10.4. The molecule has 0 radical (unpaired) electrons. The minimum Gasteiger partial charge on any atom is -0.385 e. The summed E-state index contributed by atoms with van der Waals surface area (Å²) < 4.78 is 10.1. The molecule has 0 spiro atoms. The van der Waals surface area contributed by atoms with Crippen LogP contribution in [0, 0.1) is 0 Å². The predicted octanol–water partition coefficient (Wildman–Crippen LogP) is 0.220. The SMILES string of the molecule is COCCCc1noc(C2(O)CCNCC2)n1. The summed E-state index contributed by atoms with van der Waals surface area (Å²) in [4.78, 5) is 4.27. The van der Waals surface area contributed by atoms with E-state index in [0.717, 1.165) is 19.5 Å². The number of aliphatic hydroxyl groups is 1. The number of nitrogens with zero attached hydrogens (tertiary/aromatic N) is 2. The topological polar surface area (TPSA) is 80.4 Å². The Morgan fingerprint density at radius 3 is 2.94 bits per heavy atom. The molecule has 0 saturated carbocycles. The van der Waals surface area contributed by atoms with Gasteiger partial charge in [-0.05, 0) is 32.4 Å². The summed E-state index contributed by atoms with van der Waals surface area (Å²) in [6.07, 6.45) is 2.81. The molecule has 1 aromatic heterocycles. The molecule has 2 N–H and O–H groups in total. The van der Waals surface area contributed by atoms with Crippen molar-refractivity contribution in [2.45, 2.75) is 31.3 Å². The standard InChI is InChI=1S/C11H19N3O3/c1-16-8-2-3-9-13-10(17-14-9)11(15)4-6-12-7-5-11/h12,15H,2-8H2,1H3. The maximum atomic E-state index is 10.4. The van der Waals surface area contributed by atoms with Gasteiger partial charge in [-0.3, -0.25) is 0 Å². The summed E-state index contributed by atoms with van der Waals surface area (Å²) >= 11 is 0. The summed E-state index contributed by atoms with van der Waals surface area (Å²) in [6.45, 7) is 2.23. The van der Waals surface area contributed by atoms with Crippen LogP contribution in [0.2, 0.25) is 0 Å². The lowest BCUT2D eigenvalue weighted by Crippen LogP contribution is -2.39. The van der Waals surface area contributed by atoms with Crippen LogP contribution in [-0.2, 0) is 16.8 Å². The third-order valence-electron chi connectivity index (χ3n) is 3.05. The Bertz CT molecular complexity index is 347. The second kappa shape index (κ2) is 5.57. The van der Waals surface area contributed by atoms with Crippen molar-refractivity contribution in [1.82, 2.24) is 15.5 Å². The summed E-state index contributed by atoms with van der Waals surface area (Å²) in [5, 5.41) is 17.4. The van der Waals surface area contributed by atoms with Gasteiger partial charge in [-0.1, -0.05) is 5.16 Å². The van der Waals surface area contributed by atoms with Gasteiger partial charge in [-0.25, -0.2) is 0 Å². The predicted molar refractivity (Wildman–Crippen MR) is 60.5 cm³/mol. The van der Waals surface area contributed by atoms with Crippen molar-refractivity contribution in [3.05, 3.63) is 11.7 Å². The first-order valence-corrected chi connectivity index (χ1v) is 6.00. The minimum absolute atomic E-state index is 0.353. The second-order valence-corrected chi connectivity index (χ2v) is 4.39. The fourth-order valence-electron chi connectivity index (χ4n) is 1.97. The molecule has 0 atom stereocenters. The average molecular weight is 241 g/mol. The highest BCUT2D eigenvalue weighted by Gasteiger charge is 2.36. The largest absolute Gasteiger partial charge is 0.385 e. The van der Waals surface area contributed by atoms with Crippen molar-refractivity contribution in [3.63, 3.8) is 0 Å². The molecule has 6 heteroatoms. The number of aryl methyl sites for hydroxylation is 1. The molecular weight excluding hydrogens is 222 g/mol. The first kappa shape index (κ1) is 12.5. The van der Waals surface area contributed by atoms with Gasteiger partial charge >= 0.3 is 0 Å². The van der Waals surface area contributed by atoms with E-state index in [-0.39, 0.29) is 0 Å². The lowest BCUT2D eigenvalue weighted by Gasteiger charge is -2.28. The van der Waals surface area contributed by atoms with Crippen LogP contribution in [-0.4, -0.2) is 42.1 Å². The number of rotatable bonds is 5. The normalized spacial score (nSPS) is 19.4. The van der Waals surface area contributed by atoms with Crippen LogP contribution in [0.1, 0.15) is 31.0 Å². The van der Waals surface area contributed by atoms with E-state index >= 15 is 0 Å². The van der Waals surface area contributed by atoms with Crippen LogP contribution >= 0.6 is 0 Å². The molecule has 1 aromatic rings. The van der Waals surface area contributed by atoms with E-state index in [0.29, 0.717) is 37.6 Å². The van der Waals surface area contributed by atoms with Crippen LogP contribution in [0.25, 0.3) is 0 Å². The molecular formula is C11H19N3O3. The van der Waals surface area contributed by atoms with Crippen molar-refractivity contribution in [2.24, 2.45) is 0 Å².